The average molecular weight is 298 g/mol. The maximum atomic E-state index is 13.1. The molecule has 0 aliphatic rings. The number of nitrogens with one attached hydrogen (secondary N) is 1. The monoisotopic (exact) mass is 298 g/mol. The lowest BCUT2D eigenvalue weighted by Crippen LogP contribution is -2.39. The lowest BCUT2D eigenvalue weighted by atomic mass is 10.0. The number of rotatable bonds is 5. The van der Waals surface area contributed by atoms with Crippen LogP contribution >= 0.6 is 11.3 Å². The fourth-order valence-electron chi connectivity index (χ4n) is 1.80. The first-order valence-electron chi connectivity index (χ1n) is 6.18. The second-order valence-corrected chi connectivity index (χ2v) is 5.93. The van der Waals surface area contributed by atoms with Crippen molar-refractivity contribution in [3.8, 4) is 0 Å². The molecule has 0 bridgehead atoms. The van der Waals surface area contributed by atoms with Crippen LogP contribution in [0, 0.1) is 11.6 Å². The Balaban J connectivity index is 2.01. The van der Waals surface area contributed by atoms with Gasteiger partial charge < -0.3 is 10.4 Å². The predicted octanol–water partition coefficient (Wildman–Crippen LogP) is 2.98. The Hall–Kier alpha value is -1.37. The summed E-state index contributed by atoms with van der Waals surface area (Å²) in [5.41, 5.74) is -0.0559. The topological polar surface area (TPSA) is 45.1 Å². The van der Waals surface area contributed by atoms with E-state index in [4.69, 9.17) is 0 Å². The molecule has 2 N–H and O–H groups in total. The predicted molar refractivity (Wildman–Crippen MR) is 74.5 cm³/mol. The average Bonchev–Trinajstić information content (AvgIpc) is 2.94. The van der Waals surface area contributed by atoms with Gasteiger partial charge in [-0.15, -0.1) is 11.3 Å². The molecule has 108 valence electrons. The molecule has 3 nitrogen and oxygen atoms in total. The van der Waals surface area contributed by atoms with Crippen molar-refractivity contribution in [2.45, 2.75) is 25.5 Å². The molecule has 1 unspecified atom stereocenters. The second-order valence-electron chi connectivity index (χ2n) is 5.03. The lowest BCUT2D eigenvalue weighted by molar-refractivity contribution is 0.160. The summed E-state index contributed by atoms with van der Waals surface area (Å²) in [5, 5.41) is 16.0. The summed E-state index contributed by atoms with van der Waals surface area (Å²) in [6.45, 7) is 4.12. The summed E-state index contributed by atoms with van der Waals surface area (Å²) >= 11 is 1.52. The van der Waals surface area contributed by atoms with Crippen molar-refractivity contribution in [2.24, 2.45) is 0 Å². The van der Waals surface area contributed by atoms with Crippen LogP contribution in [0.3, 0.4) is 0 Å². The highest BCUT2D eigenvalue weighted by molar-refractivity contribution is 7.09. The van der Waals surface area contributed by atoms with E-state index in [9.17, 15) is 13.9 Å². The van der Waals surface area contributed by atoms with E-state index in [-0.39, 0.29) is 6.54 Å². The number of halogens is 2. The summed E-state index contributed by atoms with van der Waals surface area (Å²) in [5.74, 6) is -1.88. The van der Waals surface area contributed by atoms with E-state index in [1.807, 2.05) is 19.2 Å². The SMILES string of the molecule is CC(C)(NCC(O)c1ccc(F)c(F)c1)c1nccs1. The van der Waals surface area contributed by atoms with Gasteiger partial charge in [-0.3, -0.25) is 0 Å². The molecule has 0 aliphatic heterocycles. The molecule has 1 aromatic heterocycles. The van der Waals surface area contributed by atoms with Gasteiger partial charge in [-0.05, 0) is 31.5 Å². The summed E-state index contributed by atoms with van der Waals surface area (Å²) in [6.07, 6.45) is 0.805. The standard InChI is InChI=1S/C14H16F2N2OS/c1-14(2,13-17-5-6-20-13)18-8-12(19)9-3-4-10(15)11(16)7-9/h3-7,12,18-19H,8H2,1-2H3. The third-order valence-electron chi connectivity index (χ3n) is 3.03. The van der Waals surface area contributed by atoms with E-state index in [0.717, 1.165) is 17.1 Å². The van der Waals surface area contributed by atoms with E-state index in [2.05, 4.69) is 10.3 Å². The van der Waals surface area contributed by atoms with Crippen molar-refractivity contribution < 1.29 is 13.9 Å². The number of aliphatic hydroxyl groups excluding tert-OH is 1. The Bertz CT molecular complexity index is 573. The van der Waals surface area contributed by atoms with Crippen LogP contribution < -0.4 is 5.32 Å². The molecule has 2 aromatic rings. The largest absolute Gasteiger partial charge is 0.387 e. The van der Waals surface area contributed by atoms with Gasteiger partial charge in [0, 0.05) is 18.1 Å². The number of thiazole rings is 1. The second kappa shape index (κ2) is 5.95. The number of aliphatic hydroxyl groups is 1. The molecular weight excluding hydrogens is 282 g/mol. The minimum atomic E-state index is -0.958. The highest BCUT2D eigenvalue weighted by Crippen LogP contribution is 2.23. The van der Waals surface area contributed by atoms with Crippen molar-refractivity contribution >= 4 is 11.3 Å². The van der Waals surface area contributed by atoms with Crippen LogP contribution in [0.5, 0.6) is 0 Å². The number of nitrogens with zero attached hydrogens (tertiary/aromatic N) is 1. The maximum absolute atomic E-state index is 13.1. The number of hydrogen-bond donors (Lipinski definition) is 2. The van der Waals surface area contributed by atoms with Gasteiger partial charge in [-0.1, -0.05) is 6.07 Å². The first-order valence-corrected chi connectivity index (χ1v) is 7.06. The molecule has 0 fully saturated rings. The maximum Gasteiger partial charge on any atom is 0.159 e. The molecule has 2 rings (SSSR count). The number of benzene rings is 1. The molecule has 0 amide bonds. The van der Waals surface area contributed by atoms with Gasteiger partial charge in [0.15, 0.2) is 11.6 Å². The molecule has 1 atom stereocenters. The highest BCUT2D eigenvalue weighted by Gasteiger charge is 2.24. The first-order chi connectivity index (χ1) is 9.40. The van der Waals surface area contributed by atoms with Gasteiger partial charge in [-0.2, -0.15) is 0 Å². The Morgan fingerprint density at radius 2 is 2.10 bits per heavy atom. The third kappa shape index (κ3) is 3.39. The summed E-state index contributed by atoms with van der Waals surface area (Å²) in [4.78, 5) is 4.23. The Kier molecular flexibility index (Phi) is 4.47. The minimum absolute atomic E-state index is 0.220. The van der Waals surface area contributed by atoms with E-state index < -0.39 is 23.3 Å². The molecule has 0 radical (unpaired) electrons. The molecule has 6 heteroatoms. The van der Waals surface area contributed by atoms with Crippen molar-refractivity contribution in [3.63, 3.8) is 0 Å². The van der Waals surface area contributed by atoms with Gasteiger partial charge >= 0.3 is 0 Å². The van der Waals surface area contributed by atoms with Crippen molar-refractivity contribution in [2.75, 3.05) is 6.54 Å². The summed E-state index contributed by atoms with van der Waals surface area (Å²) < 4.78 is 26.0. The van der Waals surface area contributed by atoms with Crippen LogP contribution in [-0.2, 0) is 5.54 Å². The molecular formula is C14H16F2N2OS. The van der Waals surface area contributed by atoms with Gasteiger partial charge in [0.25, 0.3) is 0 Å². The minimum Gasteiger partial charge on any atom is -0.387 e. The van der Waals surface area contributed by atoms with Crippen molar-refractivity contribution in [3.05, 3.63) is 52.0 Å². The zero-order chi connectivity index (χ0) is 14.8. The van der Waals surface area contributed by atoms with E-state index in [1.54, 1.807) is 6.20 Å². The molecule has 1 aromatic carbocycles. The Morgan fingerprint density at radius 1 is 1.35 bits per heavy atom. The van der Waals surface area contributed by atoms with Gasteiger partial charge in [0.2, 0.25) is 0 Å². The number of aromatic nitrogens is 1. The van der Waals surface area contributed by atoms with Crippen LogP contribution in [-0.4, -0.2) is 16.6 Å². The van der Waals surface area contributed by atoms with E-state index in [0.29, 0.717) is 5.56 Å². The zero-order valence-electron chi connectivity index (χ0n) is 11.2. The van der Waals surface area contributed by atoms with Crippen LogP contribution in [0.1, 0.15) is 30.5 Å². The highest BCUT2D eigenvalue weighted by atomic mass is 32.1. The molecule has 0 saturated carbocycles. The Labute approximate surface area is 120 Å². The fraction of sp³-hybridized carbons (Fsp3) is 0.357. The molecule has 20 heavy (non-hydrogen) atoms. The van der Waals surface area contributed by atoms with Crippen LogP contribution in [0.2, 0.25) is 0 Å². The Morgan fingerprint density at radius 3 is 2.70 bits per heavy atom. The number of hydrogen-bond acceptors (Lipinski definition) is 4. The third-order valence-corrected chi connectivity index (χ3v) is 4.13. The smallest absolute Gasteiger partial charge is 0.159 e. The normalized spacial score (nSPS) is 13.4. The first kappa shape index (κ1) is 15.0. The van der Waals surface area contributed by atoms with E-state index >= 15 is 0 Å². The lowest BCUT2D eigenvalue weighted by Gasteiger charge is -2.25. The van der Waals surface area contributed by atoms with Crippen LogP contribution in [0.4, 0.5) is 8.78 Å². The van der Waals surface area contributed by atoms with Gasteiger partial charge in [0.1, 0.15) is 5.01 Å². The molecule has 1 heterocycles. The fourth-order valence-corrected chi connectivity index (χ4v) is 2.54. The van der Waals surface area contributed by atoms with E-state index in [1.165, 1.54) is 17.4 Å². The van der Waals surface area contributed by atoms with Gasteiger partial charge in [0.05, 0.1) is 11.6 Å². The van der Waals surface area contributed by atoms with Gasteiger partial charge in [-0.25, -0.2) is 13.8 Å². The molecule has 0 spiro atoms. The van der Waals surface area contributed by atoms with Crippen molar-refractivity contribution in [1.29, 1.82) is 0 Å². The van der Waals surface area contributed by atoms with Crippen LogP contribution in [0.15, 0.2) is 29.8 Å². The molecule has 0 aliphatic carbocycles. The zero-order valence-corrected chi connectivity index (χ0v) is 12.0. The van der Waals surface area contributed by atoms with Crippen LogP contribution in [0.25, 0.3) is 0 Å². The molecule has 0 saturated heterocycles. The summed E-state index contributed by atoms with van der Waals surface area (Å²) in [7, 11) is 0. The van der Waals surface area contributed by atoms with Crippen molar-refractivity contribution in [1.82, 2.24) is 10.3 Å². The quantitative estimate of drug-likeness (QED) is 0.892. The summed E-state index contributed by atoms with van der Waals surface area (Å²) in [6, 6.07) is 3.40.